The summed E-state index contributed by atoms with van der Waals surface area (Å²) in [6.07, 6.45) is 3.52. The number of carbonyl (C=O) groups excluding carboxylic acids is 1. The van der Waals surface area contributed by atoms with E-state index in [1.165, 1.54) is 5.57 Å². The number of nitrogens with zero attached hydrogens (tertiary/aromatic N) is 2. The quantitative estimate of drug-likeness (QED) is 0.858. The lowest BCUT2D eigenvalue weighted by Crippen LogP contribution is -2.46. The lowest BCUT2D eigenvalue weighted by Gasteiger charge is -2.35. The van der Waals surface area contributed by atoms with Crippen LogP contribution in [-0.2, 0) is 4.74 Å². The third-order valence-electron chi connectivity index (χ3n) is 2.86. The average molecular weight is 290 g/mol. The van der Waals surface area contributed by atoms with Crippen LogP contribution in [0.1, 0.15) is 33.3 Å². The van der Waals surface area contributed by atoms with Gasteiger partial charge in [0, 0.05) is 25.4 Å². The van der Waals surface area contributed by atoms with Crippen LogP contribution in [0.5, 0.6) is 5.88 Å². The molecule has 0 radical (unpaired) electrons. The van der Waals surface area contributed by atoms with Gasteiger partial charge in [-0.3, -0.25) is 0 Å². The van der Waals surface area contributed by atoms with E-state index < -0.39 is 5.60 Å². The molecule has 1 aliphatic heterocycles. The van der Waals surface area contributed by atoms with Crippen molar-refractivity contribution in [3.8, 4) is 5.88 Å². The Labute approximate surface area is 125 Å². The Kier molecular flexibility index (Phi) is 4.50. The molecule has 21 heavy (non-hydrogen) atoms. The SMILES string of the molecule is CCOc1cc(C=C2CN(C(=O)OC(C)(C)C)C2)ccn1. The molecule has 2 heterocycles. The third kappa shape index (κ3) is 4.48. The third-order valence-corrected chi connectivity index (χ3v) is 2.86. The highest BCUT2D eigenvalue weighted by molar-refractivity contribution is 5.72. The monoisotopic (exact) mass is 290 g/mol. The number of carbonyl (C=O) groups is 1. The Morgan fingerprint density at radius 2 is 2.14 bits per heavy atom. The van der Waals surface area contributed by atoms with Gasteiger partial charge >= 0.3 is 6.09 Å². The Balaban J connectivity index is 1.92. The van der Waals surface area contributed by atoms with Crippen LogP contribution in [0.4, 0.5) is 4.79 Å². The van der Waals surface area contributed by atoms with Gasteiger partial charge in [-0.05, 0) is 44.9 Å². The van der Waals surface area contributed by atoms with Crippen LogP contribution in [0.25, 0.3) is 6.08 Å². The molecule has 0 bridgehead atoms. The highest BCUT2D eigenvalue weighted by atomic mass is 16.6. The van der Waals surface area contributed by atoms with E-state index in [0.29, 0.717) is 25.6 Å². The molecule has 0 atom stereocenters. The molecule has 1 fully saturated rings. The number of rotatable bonds is 3. The standard InChI is InChI=1S/C16H22N2O3/c1-5-20-14-9-12(6-7-17-14)8-13-10-18(11-13)15(19)21-16(2,3)4/h6-9H,5,10-11H2,1-4H3. The molecule has 0 saturated carbocycles. The molecule has 0 aromatic carbocycles. The second-order valence-electron chi connectivity index (χ2n) is 6.00. The minimum absolute atomic E-state index is 0.260. The topological polar surface area (TPSA) is 51.7 Å². The van der Waals surface area contributed by atoms with Crippen LogP contribution in [0, 0.1) is 0 Å². The maximum Gasteiger partial charge on any atom is 0.410 e. The molecule has 1 aliphatic rings. The van der Waals surface area contributed by atoms with Crippen LogP contribution < -0.4 is 4.74 Å². The van der Waals surface area contributed by atoms with E-state index in [1.807, 2.05) is 39.8 Å². The van der Waals surface area contributed by atoms with Crippen LogP contribution in [0.15, 0.2) is 23.9 Å². The van der Waals surface area contributed by atoms with Crippen molar-refractivity contribution in [2.75, 3.05) is 19.7 Å². The number of ether oxygens (including phenoxy) is 2. The Morgan fingerprint density at radius 1 is 1.43 bits per heavy atom. The Hall–Kier alpha value is -2.04. The van der Waals surface area contributed by atoms with Gasteiger partial charge in [-0.2, -0.15) is 0 Å². The van der Waals surface area contributed by atoms with E-state index in [-0.39, 0.29) is 6.09 Å². The van der Waals surface area contributed by atoms with Crippen molar-refractivity contribution < 1.29 is 14.3 Å². The number of hydrogen-bond donors (Lipinski definition) is 0. The number of aromatic nitrogens is 1. The molecule has 5 heteroatoms. The van der Waals surface area contributed by atoms with Gasteiger partial charge in [-0.15, -0.1) is 0 Å². The second-order valence-corrected chi connectivity index (χ2v) is 6.00. The highest BCUT2D eigenvalue weighted by Crippen LogP contribution is 2.22. The maximum absolute atomic E-state index is 11.8. The van der Waals surface area contributed by atoms with Gasteiger partial charge in [0.15, 0.2) is 0 Å². The molecule has 1 saturated heterocycles. The van der Waals surface area contributed by atoms with E-state index in [1.54, 1.807) is 11.1 Å². The second kappa shape index (κ2) is 6.16. The maximum atomic E-state index is 11.8. The molecule has 1 aromatic rings. The molecule has 0 aliphatic carbocycles. The van der Waals surface area contributed by atoms with Crippen molar-refractivity contribution in [3.63, 3.8) is 0 Å². The molecule has 0 unspecified atom stereocenters. The number of hydrogen-bond acceptors (Lipinski definition) is 4. The summed E-state index contributed by atoms with van der Waals surface area (Å²) in [6.45, 7) is 9.36. The smallest absolute Gasteiger partial charge is 0.410 e. The van der Waals surface area contributed by atoms with Crippen molar-refractivity contribution >= 4 is 12.2 Å². The van der Waals surface area contributed by atoms with E-state index in [0.717, 1.165) is 5.56 Å². The van der Waals surface area contributed by atoms with Crippen molar-refractivity contribution in [2.45, 2.75) is 33.3 Å². The summed E-state index contributed by atoms with van der Waals surface area (Å²) in [5.41, 5.74) is 1.77. The van der Waals surface area contributed by atoms with Crippen molar-refractivity contribution in [1.29, 1.82) is 0 Å². The highest BCUT2D eigenvalue weighted by Gasteiger charge is 2.29. The van der Waals surface area contributed by atoms with E-state index in [4.69, 9.17) is 9.47 Å². The molecular weight excluding hydrogens is 268 g/mol. The van der Waals surface area contributed by atoms with Gasteiger partial charge in [-0.1, -0.05) is 6.08 Å². The van der Waals surface area contributed by atoms with Crippen LogP contribution in [-0.4, -0.2) is 41.3 Å². The summed E-state index contributed by atoms with van der Waals surface area (Å²) in [4.78, 5) is 17.6. The Bertz CT molecular complexity index is 539. The van der Waals surface area contributed by atoms with Crippen molar-refractivity contribution in [2.24, 2.45) is 0 Å². The largest absolute Gasteiger partial charge is 0.478 e. The summed E-state index contributed by atoms with van der Waals surface area (Å²) >= 11 is 0. The number of likely N-dealkylation sites (tertiary alicyclic amines) is 1. The fraction of sp³-hybridized carbons (Fsp3) is 0.500. The van der Waals surface area contributed by atoms with Gasteiger partial charge in [0.1, 0.15) is 5.60 Å². The van der Waals surface area contributed by atoms with Crippen LogP contribution in [0.3, 0.4) is 0 Å². The molecule has 0 N–H and O–H groups in total. The number of pyridine rings is 1. The van der Waals surface area contributed by atoms with Gasteiger partial charge in [0.05, 0.1) is 6.61 Å². The first-order valence-corrected chi connectivity index (χ1v) is 7.13. The van der Waals surface area contributed by atoms with Gasteiger partial charge in [0.2, 0.25) is 5.88 Å². The van der Waals surface area contributed by atoms with Gasteiger partial charge in [0.25, 0.3) is 0 Å². The first-order chi connectivity index (χ1) is 9.87. The fourth-order valence-corrected chi connectivity index (χ4v) is 1.97. The molecule has 2 rings (SSSR count). The molecule has 0 spiro atoms. The molecule has 114 valence electrons. The van der Waals surface area contributed by atoms with E-state index in [9.17, 15) is 4.79 Å². The lowest BCUT2D eigenvalue weighted by atomic mass is 10.1. The summed E-state index contributed by atoms with van der Waals surface area (Å²) in [7, 11) is 0. The summed E-state index contributed by atoms with van der Waals surface area (Å²) in [6, 6.07) is 3.82. The molecule has 1 aromatic heterocycles. The first kappa shape index (κ1) is 15.4. The van der Waals surface area contributed by atoms with E-state index >= 15 is 0 Å². The summed E-state index contributed by atoms with van der Waals surface area (Å²) < 4.78 is 10.7. The van der Waals surface area contributed by atoms with Gasteiger partial charge in [-0.25, -0.2) is 9.78 Å². The van der Waals surface area contributed by atoms with Crippen molar-refractivity contribution in [3.05, 3.63) is 29.5 Å². The fourth-order valence-electron chi connectivity index (χ4n) is 1.97. The van der Waals surface area contributed by atoms with Gasteiger partial charge < -0.3 is 14.4 Å². The van der Waals surface area contributed by atoms with Crippen LogP contribution in [0.2, 0.25) is 0 Å². The predicted molar refractivity (Wildman–Crippen MR) is 81.2 cm³/mol. The summed E-state index contributed by atoms with van der Waals surface area (Å²) in [5.74, 6) is 0.621. The zero-order valence-corrected chi connectivity index (χ0v) is 13.0. The number of amides is 1. The minimum Gasteiger partial charge on any atom is -0.478 e. The summed E-state index contributed by atoms with van der Waals surface area (Å²) in [5, 5.41) is 0. The molecule has 1 amide bonds. The van der Waals surface area contributed by atoms with E-state index in [2.05, 4.69) is 11.1 Å². The zero-order chi connectivity index (χ0) is 15.5. The Morgan fingerprint density at radius 3 is 2.76 bits per heavy atom. The normalized spacial score (nSPS) is 14.5. The average Bonchev–Trinajstić information content (AvgIpc) is 2.32. The van der Waals surface area contributed by atoms with Crippen molar-refractivity contribution in [1.82, 2.24) is 9.88 Å². The molecule has 5 nitrogen and oxygen atoms in total. The molecular formula is C16H22N2O3. The zero-order valence-electron chi connectivity index (χ0n) is 13.0. The minimum atomic E-state index is -0.450. The lowest BCUT2D eigenvalue weighted by molar-refractivity contribution is 0.0216. The van der Waals surface area contributed by atoms with Crippen LogP contribution >= 0.6 is 0 Å². The predicted octanol–water partition coefficient (Wildman–Crippen LogP) is 3.11. The first-order valence-electron chi connectivity index (χ1n) is 7.13.